The van der Waals surface area contributed by atoms with Gasteiger partial charge in [0.15, 0.2) is 17.1 Å². The van der Waals surface area contributed by atoms with Crippen molar-refractivity contribution < 1.29 is 23.5 Å². The lowest BCUT2D eigenvalue weighted by atomic mass is 9.89. The zero-order valence-corrected chi connectivity index (χ0v) is 16.7. The van der Waals surface area contributed by atoms with Crippen molar-refractivity contribution in [3.05, 3.63) is 23.5 Å². The van der Waals surface area contributed by atoms with Gasteiger partial charge in [-0.3, -0.25) is 9.59 Å². The summed E-state index contributed by atoms with van der Waals surface area (Å²) in [5.74, 6) is 2.15. The van der Waals surface area contributed by atoms with E-state index in [4.69, 9.17) is 13.9 Å². The van der Waals surface area contributed by atoms with E-state index < -0.39 is 0 Å². The molecule has 0 unspecified atom stereocenters. The summed E-state index contributed by atoms with van der Waals surface area (Å²) in [6.07, 6.45) is 2.32. The van der Waals surface area contributed by atoms with E-state index in [1.54, 1.807) is 19.1 Å². The van der Waals surface area contributed by atoms with Gasteiger partial charge in [0.2, 0.25) is 11.7 Å². The minimum absolute atomic E-state index is 0.110. The number of fused-ring (bicyclic) bond motifs is 2. The second-order valence-corrected chi connectivity index (χ2v) is 7.80. The Balaban J connectivity index is 1.62. The number of hydrogen-bond donors (Lipinski definition) is 1. The maximum absolute atomic E-state index is 13.2. The molecule has 2 heterocycles. The molecule has 0 radical (unpaired) electrons. The van der Waals surface area contributed by atoms with E-state index in [2.05, 4.69) is 5.32 Å². The van der Waals surface area contributed by atoms with Gasteiger partial charge in [-0.15, -0.1) is 0 Å². The van der Waals surface area contributed by atoms with Crippen molar-refractivity contribution in [1.82, 2.24) is 10.2 Å². The number of aryl methyl sites for hydroxylation is 1. The summed E-state index contributed by atoms with van der Waals surface area (Å²) < 4.78 is 16.8. The van der Waals surface area contributed by atoms with Gasteiger partial charge < -0.3 is 24.1 Å². The SMILES string of the molecule is COc1ccc2c(C)c(C(=O)N(C)[C@H]3C[C@H]4CC(=O)NC[C@H]4C3)oc2c1OC. The molecule has 1 saturated carbocycles. The van der Waals surface area contributed by atoms with E-state index in [0.29, 0.717) is 47.6 Å². The van der Waals surface area contributed by atoms with Gasteiger partial charge in [0, 0.05) is 37.0 Å². The quantitative estimate of drug-likeness (QED) is 0.874. The van der Waals surface area contributed by atoms with Crippen molar-refractivity contribution in [2.24, 2.45) is 11.8 Å². The highest BCUT2D eigenvalue weighted by Gasteiger charge is 2.41. The van der Waals surface area contributed by atoms with E-state index >= 15 is 0 Å². The Hall–Kier alpha value is -2.70. The average Bonchev–Trinajstić information content (AvgIpc) is 3.26. The molecule has 1 aromatic carbocycles. The van der Waals surface area contributed by atoms with Crippen LogP contribution in [0.2, 0.25) is 0 Å². The van der Waals surface area contributed by atoms with Crippen LogP contribution < -0.4 is 14.8 Å². The fourth-order valence-corrected chi connectivity index (χ4v) is 4.68. The van der Waals surface area contributed by atoms with E-state index in [1.165, 1.54) is 0 Å². The predicted molar refractivity (Wildman–Crippen MR) is 104 cm³/mol. The molecule has 2 amide bonds. The summed E-state index contributed by atoms with van der Waals surface area (Å²) in [4.78, 5) is 26.7. The van der Waals surface area contributed by atoms with Crippen LogP contribution in [0.4, 0.5) is 0 Å². The van der Waals surface area contributed by atoms with Crippen molar-refractivity contribution in [3.8, 4) is 11.5 Å². The maximum Gasteiger partial charge on any atom is 0.289 e. The first kappa shape index (κ1) is 18.7. The molecule has 2 fully saturated rings. The second-order valence-electron chi connectivity index (χ2n) is 7.80. The van der Waals surface area contributed by atoms with E-state index in [-0.39, 0.29) is 17.9 Å². The summed E-state index contributed by atoms with van der Waals surface area (Å²) in [6, 6.07) is 3.81. The zero-order valence-electron chi connectivity index (χ0n) is 16.7. The average molecular weight is 386 g/mol. The van der Waals surface area contributed by atoms with E-state index in [9.17, 15) is 9.59 Å². The number of hydrogen-bond acceptors (Lipinski definition) is 5. The third kappa shape index (κ3) is 2.89. The van der Waals surface area contributed by atoms with Crippen molar-refractivity contribution in [2.75, 3.05) is 27.8 Å². The minimum Gasteiger partial charge on any atom is -0.493 e. The van der Waals surface area contributed by atoms with Crippen LogP contribution in [0.1, 0.15) is 35.4 Å². The molecule has 1 aliphatic heterocycles. The first-order valence-electron chi connectivity index (χ1n) is 9.62. The number of furan rings is 1. The molecule has 3 atom stereocenters. The summed E-state index contributed by atoms with van der Waals surface area (Å²) in [6.45, 7) is 2.60. The molecule has 2 aliphatic rings. The highest BCUT2D eigenvalue weighted by Crippen LogP contribution is 2.41. The van der Waals surface area contributed by atoms with Gasteiger partial charge in [0.25, 0.3) is 5.91 Å². The van der Waals surface area contributed by atoms with Crippen LogP contribution >= 0.6 is 0 Å². The number of methoxy groups -OCH3 is 2. The molecular weight excluding hydrogens is 360 g/mol. The lowest BCUT2D eigenvalue weighted by molar-refractivity contribution is -0.124. The van der Waals surface area contributed by atoms with E-state index in [0.717, 1.165) is 23.8 Å². The fraction of sp³-hybridized carbons (Fsp3) is 0.524. The number of benzene rings is 1. The van der Waals surface area contributed by atoms with Crippen LogP contribution in [0.15, 0.2) is 16.5 Å². The van der Waals surface area contributed by atoms with Crippen LogP contribution in [0.5, 0.6) is 11.5 Å². The maximum atomic E-state index is 13.2. The predicted octanol–water partition coefficient (Wildman–Crippen LogP) is 2.75. The first-order chi connectivity index (χ1) is 13.4. The number of nitrogens with zero attached hydrogens (tertiary/aromatic N) is 1. The number of amides is 2. The Morgan fingerprint density at radius 3 is 2.68 bits per heavy atom. The topological polar surface area (TPSA) is 81.0 Å². The summed E-state index contributed by atoms with van der Waals surface area (Å²) >= 11 is 0. The molecule has 4 rings (SSSR count). The zero-order chi connectivity index (χ0) is 20.0. The highest BCUT2D eigenvalue weighted by atomic mass is 16.5. The molecule has 28 heavy (non-hydrogen) atoms. The van der Waals surface area contributed by atoms with Crippen molar-refractivity contribution in [3.63, 3.8) is 0 Å². The Bertz CT molecular complexity index is 935. The van der Waals surface area contributed by atoms with Gasteiger partial charge in [-0.25, -0.2) is 0 Å². The van der Waals surface area contributed by atoms with Crippen LogP contribution in [0.25, 0.3) is 11.0 Å². The smallest absolute Gasteiger partial charge is 0.289 e. The Kier molecular flexibility index (Phi) is 4.69. The van der Waals surface area contributed by atoms with E-state index in [1.807, 2.05) is 26.1 Å². The van der Waals surface area contributed by atoms with Gasteiger partial charge in [-0.1, -0.05) is 0 Å². The molecule has 150 valence electrons. The van der Waals surface area contributed by atoms with Gasteiger partial charge in [-0.2, -0.15) is 0 Å². The number of piperidine rings is 1. The normalized spacial score (nSPS) is 24.0. The molecule has 1 N–H and O–H groups in total. The summed E-state index contributed by atoms with van der Waals surface area (Å²) in [7, 11) is 4.95. The summed E-state index contributed by atoms with van der Waals surface area (Å²) in [5.41, 5.74) is 1.31. The molecule has 1 saturated heterocycles. The van der Waals surface area contributed by atoms with Crippen LogP contribution in [0, 0.1) is 18.8 Å². The van der Waals surface area contributed by atoms with Crippen molar-refractivity contribution in [2.45, 2.75) is 32.2 Å². The van der Waals surface area contributed by atoms with Crippen molar-refractivity contribution in [1.29, 1.82) is 0 Å². The number of rotatable bonds is 4. The molecule has 7 nitrogen and oxygen atoms in total. The van der Waals surface area contributed by atoms with Gasteiger partial charge in [-0.05, 0) is 43.7 Å². The van der Waals surface area contributed by atoms with Crippen molar-refractivity contribution >= 4 is 22.8 Å². The van der Waals surface area contributed by atoms with Crippen LogP contribution in [-0.2, 0) is 4.79 Å². The Morgan fingerprint density at radius 2 is 1.96 bits per heavy atom. The third-order valence-electron chi connectivity index (χ3n) is 6.34. The highest BCUT2D eigenvalue weighted by molar-refractivity contribution is 6.00. The first-order valence-corrected chi connectivity index (χ1v) is 9.62. The van der Waals surface area contributed by atoms with Crippen LogP contribution in [-0.4, -0.2) is 50.6 Å². The lowest BCUT2D eigenvalue weighted by Gasteiger charge is -2.24. The molecule has 1 aromatic heterocycles. The number of carbonyl (C=O) groups excluding carboxylic acids is 2. The largest absolute Gasteiger partial charge is 0.493 e. The third-order valence-corrected chi connectivity index (χ3v) is 6.34. The minimum atomic E-state index is -0.141. The molecule has 2 aromatic rings. The number of carbonyl (C=O) groups is 2. The summed E-state index contributed by atoms with van der Waals surface area (Å²) in [5, 5.41) is 3.77. The van der Waals surface area contributed by atoms with Crippen LogP contribution in [0.3, 0.4) is 0 Å². The standard InChI is InChI=1S/C21H26N2O5/c1-11-15-5-6-16(26-3)20(27-4)19(15)28-18(11)21(25)23(2)14-7-12-9-17(24)22-10-13(12)8-14/h5-6,12-14H,7-10H2,1-4H3,(H,22,24)/t12-,13+,14-/m0/s1. The molecular formula is C21H26N2O5. The Morgan fingerprint density at radius 1 is 1.21 bits per heavy atom. The molecule has 0 bridgehead atoms. The number of ether oxygens (including phenoxy) is 2. The second kappa shape index (κ2) is 7.04. The number of nitrogens with one attached hydrogen (secondary N) is 1. The monoisotopic (exact) mass is 386 g/mol. The Labute approximate surface area is 163 Å². The van der Waals surface area contributed by atoms with Gasteiger partial charge >= 0.3 is 0 Å². The van der Waals surface area contributed by atoms with Gasteiger partial charge in [0.1, 0.15) is 0 Å². The lowest BCUT2D eigenvalue weighted by Crippen LogP contribution is -2.38. The fourth-order valence-electron chi connectivity index (χ4n) is 4.68. The molecule has 7 heteroatoms. The molecule has 1 aliphatic carbocycles. The van der Waals surface area contributed by atoms with Gasteiger partial charge in [0.05, 0.1) is 14.2 Å². The molecule has 0 spiro atoms.